The number of hydrogen-bond acceptors (Lipinski definition) is 2. The molecule has 0 amide bonds. The number of rotatable bonds is 3. The van der Waals surface area contributed by atoms with E-state index in [-0.39, 0.29) is 4.92 Å². The molecule has 3 nitrogen and oxygen atoms in total. The Hall–Kier alpha value is -0.860. The lowest BCUT2D eigenvalue weighted by Crippen LogP contribution is -2.06. The second-order valence-electron chi connectivity index (χ2n) is 3.67. The lowest BCUT2D eigenvalue weighted by molar-refractivity contribution is -0.428. The van der Waals surface area contributed by atoms with Crippen LogP contribution < -0.4 is 0 Å². The number of allylic oxidation sites excluding steroid dienone is 2. The van der Waals surface area contributed by atoms with E-state index < -0.39 is 0 Å². The minimum Gasteiger partial charge on any atom is -0.259 e. The third-order valence-electron chi connectivity index (χ3n) is 2.67. The van der Waals surface area contributed by atoms with E-state index in [0.29, 0.717) is 18.0 Å². The van der Waals surface area contributed by atoms with Crippen LogP contribution in [0.15, 0.2) is 11.8 Å². The molecule has 0 bridgehead atoms. The minimum absolute atomic E-state index is 0.241. The first-order chi connectivity index (χ1) is 6.24. The largest absolute Gasteiger partial charge is 0.259 e. The Kier molecular flexibility index (Phi) is 3.93. The summed E-state index contributed by atoms with van der Waals surface area (Å²) >= 11 is 0. The van der Waals surface area contributed by atoms with Crippen molar-refractivity contribution in [1.29, 1.82) is 0 Å². The summed E-state index contributed by atoms with van der Waals surface area (Å²) in [7, 11) is 0. The molecule has 0 aliphatic heterocycles. The van der Waals surface area contributed by atoms with Gasteiger partial charge in [-0.25, -0.2) is 0 Å². The fourth-order valence-corrected chi connectivity index (χ4v) is 1.88. The lowest BCUT2D eigenvalue weighted by Gasteiger charge is -2.17. The minimum atomic E-state index is -0.241. The van der Waals surface area contributed by atoms with Crippen LogP contribution in [0.3, 0.4) is 0 Å². The van der Waals surface area contributed by atoms with Gasteiger partial charge in [-0.3, -0.25) is 10.1 Å². The molecule has 3 heteroatoms. The van der Waals surface area contributed by atoms with Crippen molar-refractivity contribution in [2.24, 2.45) is 5.92 Å². The van der Waals surface area contributed by atoms with E-state index in [9.17, 15) is 10.1 Å². The van der Waals surface area contributed by atoms with Gasteiger partial charge in [-0.1, -0.05) is 26.2 Å². The van der Waals surface area contributed by atoms with Gasteiger partial charge in [-0.05, 0) is 24.8 Å². The van der Waals surface area contributed by atoms with Crippen LogP contribution in [0, 0.1) is 16.0 Å². The molecule has 1 aliphatic rings. The van der Waals surface area contributed by atoms with Gasteiger partial charge in [0.25, 0.3) is 0 Å². The zero-order valence-electron chi connectivity index (χ0n) is 8.16. The van der Waals surface area contributed by atoms with Gasteiger partial charge >= 0.3 is 0 Å². The van der Waals surface area contributed by atoms with Crippen molar-refractivity contribution in [2.45, 2.75) is 45.4 Å². The van der Waals surface area contributed by atoms with Crippen LogP contribution >= 0.6 is 0 Å². The second-order valence-corrected chi connectivity index (χ2v) is 3.67. The van der Waals surface area contributed by atoms with Gasteiger partial charge in [0, 0.05) is 6.42 Å². The van der Waals surface area contributed by atoms with Crippen LogP contribution in [-0.4, -0.2) is 4.92 Å². The molecule has 0 aromatic rings. The Labute approximate surface area is 79.0 Å². The number of nitrogens with zero attached hydrogens (tertiary/aromatic N) is 1. The molecule has 0 radical (unpaired) electrons. The summed E-state index contributed by atoms with van der Waals surface area (Å²) in [6, 6.07) is 0. The highest BCUT2D eigenvalue weighted by Crippen LogP contribution is 2.26. The molecule has 0 spiro atoms. The van der Waals surface area contributed by atoms with E-state index in [1.807, 2.05) is 13.0 Å². The SMILES string of the molecule is CC/C(=C\C1CCCCC1)[N+](=O)[O-]. The number of hydrogen-bond donors (Lipinski definition) is 0. The second kappa shape index (κ2) is 5.00. The fourth-order valence-electron chi connectivity index (χ4n) is 1.88. The first-order valence-corrected chi connectivity index (χ1v) is 5.09. The molecule has 1 aliphatic carbocycles. The monoisotopic (exact) mass is 183 g/mol. The Bertz CT molecular complexity index is 205. The van der Waals surface area contributed by atoms with Crippen LogP contribution in [-0.2, 0) is 0 Å². The van der Waals surface area contributed by atoms with Crippen molar-refractivity contribution >= 4 is 0 Å². The van der Waals surface area contributed by atoms with Crippen LogP contribution in [0.25, 0.3) is 0 Å². The summed E-state index contributed by atoms with van der Waals surface area (Å²) in [6.45, 7) is 1.84. The highest BCUT2D eigenvalue weighted by molar-refractivity contribution is 4.96. The molecule has 13 heavy (non-hydrogen) atoms. The van der Waals surface area contributed by atoms with Crippen molar-refractivity contribution in [3.05, 3.63) is 21.9 Å². The number of nitro groups is 1. The van der Waals surface area contributed by atoms with Crippen LogP contribution in [0.1, 0.15) is 45.4 Å². The summed E-state index contributed by atoms with van der Waals surface area (Å²) in [6.07, 6.45) is 8.45. The average Bonchev–Trinajstić information content (AvgIpc) is 2.15. The van der Waals surface area contributed by atoms with Crippen molar-refractivity contribution in [3.63, 3.8) is 0 Å². The molecule has 0 aromatic carbocycles. The Morgan fingerprint density at radius 1 is 1.46 bits per heavy atom. The van der Waals surface area contributed by atoms with Gasteiger partial charge in [0.15, 0.2) is 0 Å². The van der Waals surface area contributed by atoms with E-state index >= 15 is 0 Å². The summed E-state index contributed by atoms with van der Waals surface area (Å²) in [5.74, 6) is 0.467. The molecule has 0 atom stereocenters. The van der Waals surface area contributed by atoms with Crippen molar-refractivity contribution in [3.8, 4) is 0 Å². The third-order valence-corrected chi connectivity index (χ3v) is 2.67. The van der Waals surface area contributed by atoms with Gasteiger partial charge < -0.3 is 0 Å². The smallest absolute Gasteiger partial charge is 0.242 e. The molecular weight excluding hydrogens is 166 g/mol. The molecule has 0 unspecified atom stereocenters. The highest BCUT2D eigenvalue weighted by atomic mass is 16.6. The Balaban J connectivity index is 2.54. The van der Waals surface area contributed by atoms with E-state index in [4.69, 9.17) is 0 Å². The predicted molar refractivity (Wildman–Crippen MR) is 51.9 cm³/mol. The summed E-state index contributed by atoms with van der Waals surface area (Å²) in [4.78, 5) is 10.3. The van der Waals surface area contributed by atoms with E-state index in [0.717, 1.165) is 12.8 Å². The summed E-state index contributed by atoms with van der Waals surface area (Å²) in [5, 5.41) is 10.5. The van der Waals surface area contributed by atoms with Gasteiger partial charge in [-0.2, -0.15) is 0 Å². The topological polar surface area (TPSA) is 43.1 Å². The van der Waals surface area contributed by atoms with E-state index in [1.165, 1.54) is 19.3 Å². The molecule has 0 aromatic heterocycles. The van der Waals surface area contributed by atoms with Crippen molar-refractivity contribution in [2.75, 3.05) is 0 Å². The van der Waals surface area contributed by atoms with Gasteiger partial charge in [0.1, 0.15) is 0 Å². The maximum absolute atomic E-state index is 10.5. The van der Waals surface area contributed by atoms with E-state index in [2.05, 4.69) is 0 Å². The van der Waals surface area contributed by atoms with E-state index in [1.54, 1.807) is 0 Å². The molecule has 0 heterocycles. The molecule has 1 saturated carbocycles. The molecule has 1 rings (SSSR count). The zero-order valence-corrected chi connectivity index (χ0v) is 8.16. The summed E-state index contributed by atoms with van der Waals surface area (Å²) in [5.41, 5.74) is 0.395. The van der Waals surface area contributed by atoms with Crippen LogP contribution in [0.5, 0.6) is 0 Å². The standard InChI is InChI=1S/C10H17NO2/c1-2-10(11(12)13)8-9-6-4-3-5-7-9/h8-9H,2-7H2,1H3/b10-8+. The van der Waals surface area contributed by atoms with Gasteiger partial charge in [-0.15, -0.1) is 0 Å². The quantitative estimate of drug-likeness (QED) is 0.498. The van der Waals surface area contributed by atoms with Crippen molar-refractivity contribution in [1.82, 2.24) is 0 Å². The molecular formula is C10H17NO2. The maximum atomic E-state index is 10.5. The predicted octanol–water partition coefficient (Wildman–Crippen LogP) is 3.14. The first kappa shape index (κ1) is 10.2. The Morgan fingerprint density at radius 2 is 2.08 bits per heavy atom. The molecule has 1 fully saturated rings. The maximum Gasteiger partial charge on any atom is 0.242 e. The first-order valence-electron chi connectivity index (χ1n) is 5.09. The summed E-state index contributed by atoms with van der Waals surface area (Å²) < 4.78 is 0. The Morgan fingerprint density at radius 3 is 2.54 bits per heavy atom. The van der Waals surface area contributed by atoms with Crippen LogP contribution in [0.4, 0.5) is 0 Å². The molecule has 74 valence electrons. The van der Waals surface area contributed by atoms with Crippen molar-refractivity contribution < 1.29 is 4.92 Å². The van der Waals surface area contributed by atoms with Gasteiger partial charge in [0.2, 0.25) is 5.70 Å². The average molecular weight is 183 g/mol. The normalized spacial score (nSPS) is 20.2. The fraction of sp³-hybridized carbons (Fsp3) is 0.800. The molecule has 0 N–H and O–H groups in total. The van der Waals surface area contributed by atoms with Gasteiger partial charge in [0.05, 0.1) is 4.92 Å². The zero-order chi connectivity index (χ0) is 9.68. The molecule has 0 saturated heterocycles. The third kappa shape index (κ3) is 3.17. The lowest BCUT2D eigenvalue weighted by atomic mass is 9.88. The highest BCUT2D eigenvalue weighted by Gasteiger charge is 2.15. The van der Waals surface area contributed by atoms with Crippen LogP contribution in [0.2, 0.25) is 0 Å².